The largest absolute Gasteiger partial charge is 0.282 e. The van der Waals surface area contributed by atoms with Crippen molar-refractivity contribution in [3.8, 4) is 0 Å². The zero-order chi connectivity index (χ0) is 9.72. The third-order valence-electron chi connectivity index (χ3n) is 1.49. The molecule has 0 saturated carbocycles. The van der Waals surface area contributed by atoms with Crippen molar-refractivity contribution >= 4 is 16.9 Å². The Kier molecular flexibility index (Phi) is 5.33. The van der Waals surface area contributed by atoms with Crippen LogP contribution in [-0.2, 0) is 0 Å². The Balaban J connectivity index is 4.49. The highest BCUT2D eigenvalue weighted by Gasteiger charge is 2.15. The molecule has 0 aromatic carbocycles. The number of hydrogen-bond donors (Lipinski definition) is 0. The molecule has 0 bridgehead atoms. The normalized spacial score (nSPS) is 12.8. The van der Waals surface area contributed by atoms with E-state index in [4.69, 9.17) is 0 Å². The van der Waals surface area contributed by atoms with Crippen LogP contribution in [0.4, 0.5) is 0 Å². The summed E-state index contributed by atoms with van der Waals surface area (Å²) in [6.07, 6.45) is 2.04. The van der Waals surface area contributed by atoms with Crippen LogP contribution in [-0.4, -0.2) is 48.6 Å². The minimum absolute atomic E-state index is 0.450. The molecule has 4 heteroatoms. The van der Waals surface area contributed by atoms with Gasteiger partial charge in [0.15, 0.2) is 5.17 Å². The Morgan fingerprint density at radius 2 is 1.83 bits per heavy atom. The number of thioether (sulfide) groups is 1. The van der Waals surface area contributed by atoms with E-state index in [1.165, 1.54) is 0 Å². The molecule has 0 heterocycles. The minimum atomic E-state index is 0.450. The zero-order valence-electron chi connectivity index (χ0n) is 8.83. The van der Waals surface area contributed by atoms with E-state index in [1.807, 2.05) is 27.4 Å². The summed E-state index contributed by atoms with van der Waals surface area (Å²) in [6.45, 7) is 4.31. The lowest BCUT2D eigenvalue weighted by Gasteiger charge is -2.34. The molecule has 0 aromatic heterocycles. The van der Waals surface area contributed by atoms with Gasteiger partial charge in [0.25, 0.3) is 0 Å². The molecule has 0 N–H and O–H groups in total. The molecule has 72 valence electrons. The van der Waals surface area contributed by atoms with Crippen molar-refractivity contribution in [1.29, 1.82) is 0 Å². The van der Waals surface area contributed by atoms with Gasteiger partial charge in [-0.25, -0.2) is 5.01 Å². The fourth-order valence-electron chi connectivity index (χ4n) is 1.14. The maximum absolute atomic E-state index is 4.21. The second-order valence-electron chi connectivity index (χ2n) is 3.00. The smallest absolute Gasteiger partial charge is 0.173 e. The summed E-state index contributed by atoms with van der Waals surface area (Å²) in [4.78, 5) is 4.21. The van der Waals surface area contributed by atoms with Gasteiger partial charge in [0.1, 0.15) is 0 Å². The molecule has 12 heavy (non-hydrogen) atoms. The average molecular weight is 189 g/mol. The number of hydrazine groups is 1. The Morgan fingerprint density at radius 1 is 1.33 bits per heavy atom. The first-order valence-corrected chi connectivity index (χ1v) is 5.24. The Hall–Kier alpha value is -0.220. The molecule has 0 aliphatic rings. The van der Waals surface area contributed by atoms with Crippen LogP contribution in [0, 0.1) is 0 Å². The van der Waals surface area contributed by atoms with Gasteiger partial charge >= 0.3 is 0 Å². The third-order valence-corrected chi connectivity index (χ3v) is 2.22. The van der Waals surface area contributed by atoms with Crippen molar-refractivity contribution in [2.75, 3.05) is 27.4 Å². The predicted octanol–water partition coefficient (Wildman–Crippen LogP) is 1.52. The van der Waals surface area contributed by atoms with Crippen molar-refractivity contribution in [3.63, 3.8) is 0 Å². The molecule has 0 saturated heterocycles. The van der Waals surface area contributed by atoms with Crippen molar-refractivity contribution in [1.82, 2.24) is 10.0 Å². The van der Waals surface area contributed by atoms with E-state index in [2.05, 4.69) is 28.9 Å². The molecule has 0 unspecified atom stereocenters. The monoisotopic (exact) mass is 189 g/mol. The maximum Gasteiger partial charge on any atom is 0.173 e. The van der Waals surface area contributed by atoms with Gasteiger partial charge in [0.2, 0.25) is 0 Å². The summed E-state index contributed by atoms with van der Waals surface area (Å²) >= 11 is 1.67. The van der Waals surface area contributed by atoms with Gasteiger partial charge in [-0.3, -0.25) is 10.0 Å². The van der Waals surface area contributed by atoms with Gasteiger partial charge < -0.3 is 0 Å². The van der Waals surface area contributed by atoms with Gasteiger partial charge in [-0.05, 0) is 20.1 Å². The summed E-state index contributed by atoms with van der Waals surface area (Å²) in [5.41, 5.74) is 0. The van der Waals surface area contributed by atoms with Gasteiger partial charge in [0.05, 0.1) is 0 Å². The quantitative estimate of drug-likeness (QED) is 0.373. The van der Waals surface area contributed by atoms with Crippen LogP contribution in [0.5, 0.6) is 0 Å². The van der Waals surface area contributed by atoms with E-state index in [0.29, 0.717) is 6.04 Å². The fourth-order valence-corrected chi connectivity index (χ4v) is 1.88. The van der Waals surface area contributed by atoms with Crippen molar-refractivity contribution < 1.29 is 0 Å². The average Bonchev–Trinajstić information content (AvgIpc) is 1.98. The Bertz CT molecular complexity index is 146. The van der Waals surface area contributed by atoms with E-state index in [-0.39, 0.29) is 0 Å². The van der Waals surface area contributed by atoms with Crippen LogP contribution in [0.1, 0.15) is 13.8 Å². The van der Waals surface area contributed by atoms with Crippen LogP contribution in [0.3, 0.4) is 0 Å². The molecule has 3 nitrogen and oxygen atoms in total. The van der Waals surface area contributed by atoms with Crippen LogP contribution in [0.15, 0.2) is 4.99 Å². The molecule has 0 atom stereocenters. The number of aliphatic imine (C=N–C) groups is 1. The molecular weight excluding hydrogens is 170 g/mol. The molecule has 0 fully saturated rings. The van der Waals surface area contributed by atoms with E-state index < -0.39 is 0 Å². The highest BCUT2D eigenvalue weighted by molar-refractivity contribution is 8.13. The summed E-state index contributed by atoms with van der Waals surface area (Å²) in [5, 5.41) is 5.27. The maximum atomic E-state index is 4.21. The lowest BCUT2D eigenvalue weighted by molar-refractivity contribution is 0.0816. The molecule has 0 rings (SSSR count). The molecule has 0 aliphatic carbocycles. The third kappa shape index (κ3) is 3.03. The van der Waals surface area contributed by atoms with Crippen molar-refractivity contribution in [3.05, 3.63) is 0 Å². The fraction of sp³-hybridized carbons (Fsp3) is 0.875. The van der Waals surface area contributed by atoms with E-state index in [1.54, 1.807) is 11.8 Å². The highest BCUT2D eigenvalue weighted by atomic mass is 32.2. The summed E-state index contributed by atoms with van der Waals surface area (Å²) in [7, 11) is 5.88. The number of hydrogen-bond acceptors (Lipinski definition) is 3. The second kappa shape index (κ2) is 5.43. The summed E-state index contributed by atoms with van der Waals surface area (Å²) < 4.78 is 0. The standard InChI is InChI=1S/C8H19N3S/c1-7(2)11(10(4)5)8(9-3)12-6/h7H,1-6H3/b9-8+. The van der Waals surface area contributed by atoms with E-state index >= 15 is 0 Å². The molecule has 0 aliphatic heterocycles. The number of nitrogens with zero attached hydrogens (tertiary/aromatic N) is 3. The van der Waals surface area contributed by atoms with Gasteiger partial charge in [0, 0.05) is 27.2 Å². The molecular formula is C8H19N3S. The van der Waals surface area contributed by atoms with E-state index in [0.717, 1.165) is 5.17 Å². The van der Waals surface area contributed by atoms with E-state index in [9.17, 15) is 0 Å². The van der Waals surface area contributed by atoms with Crippen molar-refractivity contribution in [2.24, 2.45) is 4.99 Å². The van der Waals surface area contributed by atoms with Crippen LogP contribution < -0.4 is 0 Å². The lowest BCUT2D eigenvalue weighted by Crippen LogP contribution is -2.45. The lowest BCUT2D eigenvalue weighted by atomic mass is 10.4. The second-order valence-corrected chi connectivity index (χ2v) is 3.77. The SMILES string of the molecule is C/N=C(/SC)N(C(C)C)N(C)C. The van der Waals surface area contributed by atoms with Crippen LogP contribution >= 0.6 is 11.8 Å². The Labute approximate surface area is 79.8 Å². The summed E-state index contributed by atoms with van der Waals surface area (Å²) in [6, 6.07) is 0.450. The van der Waals surface area contributed by atoms with Gasteiger partial charge in [-0.15, -0.1) is 0 Å². The first-order valence-electron chi connectivity index (χ1n) is 4.01. The summed E-state index contributed by atoms with van der Waals surface area (Å²) in [5.74, 6) is 0. The Morgan fingerprint density at radius 3 is 1.92 bits per heavy atom. The first kappa shape index (κ1) is 11.8. The molecule has 0 aromatic rings. The molecule has 0 radical (unpaired) electrons. The molecule has 0 amide bonds. The van der Waals surface area contributed by atoms with Gasteiger partial charge in [-0.1, -0.05) is 11.8 Å². The topological polar surface area (TPSA) is 18.8 Å². The zero-order valence-corrected chi connectivity index (χ0v) is 9.64. The first-order chi connectivity index (χ1) is 5.54. The van der Waals surface area contributed by atoms with Gasteiger partial charge in [-0.2, -0.15) is 0 Å². The predicted molar refractivity (Wildman–Crippen MR) is 57.5 cm³/mol. The van der Waals surface area contributed by atoms with Crippen LogP contribution in [0.2, 0.25) is 0 Å². The highest BCUT2D eigenvalue weighted by Crippen LogP contribution is 2.10. The van der Waals surface area contributed by atoms with Crippen molar-refractivity contribution in [2.45, 2.75) is 19.9 Å². The minimum Gasteiger partial charge on any atom is -0.282 e. The molecule has 0 spiro atoms. The number of rotatable bonds is 2. The number of amidine groups is 1. The van der Waals surface area contributed by atoms with Crippen LogP contribution in [0.25, 0.3) is 0 Å².